The van der Waals surface area contributed by atoms with Crippen LogP contribution in [0.2, 0.25) is 0 Å². The van der Waals surface area contributed by atoms with Crippen LogP contribution in [0.15, 0.2) is 111 Å². The van der Waals surface area contributed by atoms with E-state index in [0.717, 1.165) is 58.9 Å². The van der Waals surface area contributed by atoms with Gasteiger partial charge in [-0.1, -0.05) is 17.4 Å². The number of aryl methyl sites for hydroxylation is 1. The number of thiazole rings is 1. The minimum absolute atomic E-state index is 0.0172. The van der Waals surface area contributed by atoms with Crippen molar-refractivity contribution in [1.82, 2.24) is 14.4 Å². The predicted octanol–water partition coefficient (Wildman–Crippen LogP) is 9.47. The minimum Gasteiger partial charge on any atom is -0.495 e. The molecular weight excluding hydrogens is 1210 g/mol. The molecule has 81 heavy (non-hydrogen) atoms. The van der Waals surface area contributed by atoms with E-state index in [2.05, 4.69) is 40.7 Å². The number of nitrogens with zero attached hydrogens (tertiary/aromatic N) is 10. The third-order valence-corrected chi connectivity index (χ3v) is 17.9. The van der Waals surface area contributed by atoms with Crippen molar-refractivity contribution in [1.29, 1.82) is 5.26 Å². The van der Waals surface area contributed by atoms with E-state index in [1.165, 1.54) is 50.4 Å². The fourth-order valence-electron chi connectivity index (χ4n) is 7.87. The number of fused-ring (bicyclic) bond motifs is 6. The van der Waals surface area contributed by atoms with Crippen LogP contribution in [0.3, 0.4) is 0 Å². The third kappa shape index (κ3) is 13.4. The Labute approximate surface area is 467 Å². The molecule has 0 saturated carbocycles. The molecule has 0 fully saturated rings. The van der Waals surface area contributed by atoms with Gasteiger partial charge in [0, 0.05) is 34.0 Å². The molecule has 0 unspecified atom stereocenters. The Hall–Kier alpha value is -7.41. The Bertz CT molecular complexity index is 4660. The van der Waals surface area contributed by atoms with Gasteiger partial charge in [0.05, 0.1) is 58.6 Å². The van der Waals surface area contributed by atoms with Gasteiger partial charge in [-0.2, -0.15) is 52.5 Å². The molecule has 0 saturated heterocycles. The van der Waals surface area contributed by atoms with Crippen LogP contribution in [0.1, 0.15) is 29.5 Å². The fourth-order valence-corrected chi connectivity index (χ4v) is 12.8. The number of aromatic nitrogens is 3. The molecule has 0 radical (unpaired) electrons. The molecule has 6 N–H and O–H groups in total. The summed E-state index contributed by atoms with van der Waals surface area (Å²) in [6.45, 7) is 2.71. The monoisotopic (exact) mass is 1250 g/mol. The highest BCUT2D eigenvalue weighted by Gasteiger charge is 2.27. The van der Waals surface area contributed by atoms with Gasteiger partial charge < -0.3 is 19.3 Å². The maximum absolute atomic E-state index is 12.5. The molecule has 3 aromatic heterocycles. The van der Waals surface area contributed by atoms with E-state index in [4.69, 9.17) is 14.2 Å². The van der Waals surface area contributed by atoms with Gasteiger partial charge in [-0.05, 0) is 79.8 Å². The van der Waals surface area contributed by atoms with Gasteiger partial charge in [0.15, 0.2) is 11.3 Å². The van der Waals surface area contributed by atoms with Gasteiger partial charge in [0.1, 0.15) is 61.3 Å². The van der Waals surface area contributed by atoms with Gasteiger partial charge in [-0.25, -0.2) is 9.97 Å². The third-order valence-electron chi connectivity index (χ3n) is 11.6. The van der Waals surface area contributed by atoms with Crippen LogP contribution in [0, 0.1) is 25.2 Å². The fraction of sp³-hybridized carbons (Fsp3) is 0.222. The van der Waals surface area contributed by atoms with Gasteiger partial charge >= 0.3 is 0 Å². The zero-order chi connectivity index (χ0) is 59.1. The molecule has 8 rings (SSSR count). The lowest BCUT2D eigenvalue weighted by atomic mass is 10.1. The first-order valence-corrected chi connectivity index (χ1v) is 32.0. The van der Waals surface area contributed by atoms with Crippen molar-refractivity contribution in [2.75, 3.05) is 38.1 Å². The molecule has 0 amide bonds. The smallest absolute Gasteiger partial charge is 0.298 e. The van der Waals surface area contributed by atoms with Crippen LogP contribution in [0.4, 0.5) is 33.6 Å². The summed E-state index contributed by atoms with van der Waals surface area (Å²) in [6.07, 6.45) is -0.250. The number of benzene rings is 5. The van der Waals surface area contributed by atoms with E-state index < -0.39 is 82.7 Å². The molecule has 3 heterocycles. The largest absolute Gasteiger partial charge is 0.495 e. The van der Waals surface area contributed by atoms with Gasteiger partial charge in [-0.3, -0.25) is 27.2 Å². The van der Waals surface area contributed by atoms with Crippen molar-refractivity contribution in [3.05, 3.63) is 77.4 Å². The number of imidazole rings is 1. The van der Waals surface area contributed by atoms with Crippen LogP contribution in [0.5, 0.6) is 23.1 Å². The van der Waals surface area contributed by atoms with Crippen molar-refractivity contribution in [2.45, 2.75) is 46.3 Å². The molecule has 29 nitrogen and oxygen atoms in total. The Morgan fingerprint density at radius 2 is 1.31 bits per heavy atom. The zero-order valence-electron chi connectivity index (χ0n) is 41.8. The average Bonchev–Trinajstić information content (AvgIpc) is 3.44. The van der Waals surface area contributed by atoms with Gasteiger partial charge in [0.25, 0.3) is 50.6 Å². The van der Waals surface area contributed by atoms with Crippen LogP contribution < -0.4 is 14.2 Å². The number of methoxy groups -OCH3 is 2. The standard InChI is InChI=1S/C45H40N10O19S7/c1-22-13-30(50-53-40-23(2)27(21-46)43-47-29-17-36(73-4)38(80(66,67)68)20-33(29)55(43)44(40)56)35(74-9-5-11-77(57,58)59)16-28(22)49-52-32-18-34(72-3)31(19-37(32)75-10-6-12-78(60,61)62)51-54-45-48-41-39(81(69,70)71)15-24-14-25(79(63,64)65)7-8-26(24)42(41)76-45/h7-8,13-20,56H,5-6,9-12H2,1-4H3,(H,57,58,59)(H,60,61,62)(H,63,64,65)(H,66,67,68)(H,69,70,71). The van der Waals surface area contributed by atoms with E-state index >= 15 is 0 Å². The number of azo groups is 3. The molecule has 426 valence electrons. The Morgan fingerprint density at radius 3 is 1.95 bits per heavy atom. The summed E-state index contributed by atoms with van der Waals surface area (Å²) in [5.41, 5.74) is -0.0944. The molecule has 36 heteroatoms. The lowest BCUT2D eigenvalue weighted by molar-refractivity contribution is 0.317. The molecule has 0 bridgehead atoms. The van der Waals surface area contributed by atoms with Crippen molar-refractivity contribution in [3.63, 3.8) is 0 Å². The number of ether oxygens (including phenoxy) is 3. The molecular formula is C45H40N10O19S7. The van der Waals surface area contributed by atoms with E-state index in [0.29, 0.717) is 10.5 Å². The summed E-state index contributed by atoms with van der Waals surface area (Å²) in [6, 6.07) is 14.2. The number of hydrogen-bond donors (Lipinski definition) is 6. The van der Waals surface area contributed by atoms with E-state index in [9.17, 15) is 75.2 Å². The molecule has 0 aliphatic heterocycles. The van der Waals surface area contributed by atoms with Crippen LogP contribution in [-0.4, -0.2) is 122 Å². The molecule has 5 aromatic carbocycles. The quantitative estimate of drug-likeness (QED) is 0.0169. The highest BCUT2D eigenvalue weighted by molar-refractivity contribution is 7.99. The Kier molecular flexibility index (Phi) is 16.8. The second kappa shape index (κ2) is 22.9. The highest BCUT2D eigenvalue weighted by atomic mass is 32.2. The molecule has 0 spiro atoms. The van der Waals surface area contributed by atoms with E-state index in [1.54, 1.807) is 6.92 Å². The first-order valence-electron chi connectivity index (χ1n) is 22.6. The zero-order valence-corrected chi connectivity index (χ0v) is 47.6. The molecule has 0 aliphatic carbocycles. The number of aromatic hydroxyl groups is 1. The van der Waals surface area contributed by atoms with Crippen LogP contribution in [-0.2, 0) is 50.6 Å². The summed E-state index contributed by atoms with van der Waals surface area (Å²) in [5.74, 6) is -2.18. The summed E-state index contributed by atoms with van der Waals surface area (Å²) in [7, 11) is -20.9. The summed E-state index contributed by atoms with van der Waals surface area (Å²) < 4.78 is 186. The van der Waals surface area contributed by atoms with Crippen molar-refractivity contribution >= 4 is 145 Å². The first-order chi connectivity index (χ1) is 37.9. The van der Waals surface area contributed by atoms with Crippen LogP contribution in [0.25, 0.3) is 37.7 Å². The predicted molar refractivity (Wildman–Crippen MR) is 292 cm³/mol. The second-order valence-corrected chi connectivity index (χ2v) is 26.5. The van der Waals surface area contributed by atoms with E-state index in [-0.39, 0.29) is 125 Å². The summed E-state index contributed by atoms with van der Waals surface area (Å²) >= 11 is 1.88. The summed E-state index contributed by atoms with van der Waals surface area (Å²) in [5, 5.41) is 48.0. The highest BCUT2D eigenvalue weighted by Crippen LogP contribution is 2.46. The van der Waals surface area contributed by atoms with Crippen LogP contribution >= 0.6 is 23.1 Å². The maximum Gasteiger partial charge on any atom is 0.298 e. The number of nitriles is 1. The number of rotatable bonds is 21. The van der Waals surface area contributed by atoms with Crippen molar-refractivity contribution in [3.8, 4) is 29.2 Å². The maximum atomic E-state index is 12.5. The van der Waals surface area contributed by atoms with Crippen molar-refractivity contribution < 1.29 is 84.2 Å². The SMILES string of the molecule is COc1cc(N=Nc2cc(OCCCS(=O)(=O)O)c(N=Nc3c(C)c(C#N)c4nc5cc(OC)c(S(=O)(=O)O)cc5n4c3O)cc2C)c(SCCCS(=O)(=O)O)cc1N=Nc1nc2c(S(=O)(=O)O)cc3cc(S(=O)(=O)O)ccc3c2s1. The normalized spacial score (nSPS) is 13.0. The Balaban J connectivity index is 1.19. The Morgan fingerprint density at radius 1 is 0.679 bits per heavy atom. The summed E-state index contributed by atoms with van der Waals surface area (Å²) in [4.78, 5) is 7.06. The van der Waals surface area contributed by atoms with Crippen molar-refractivity contribution in [2.24, 2.45) is 30.7 Å². The number of pyridine rings is 1. The number of hydrogen-bond acceptors (Lipinski definition) is 25. The van der Waals surface area contributed by atoms with Gasteiger partial charge in [-0.15, -0.1) is 37.3 Å². The lowest BCUT2D eigenvalue weighted by Crippen LogP contribution is -2.08. The number of thioether (sulfide) groups is 1. The first kappa shape index (κ1) is 59.7. The lowest BCUT2D eigenvalue weighted by Gasteiger charge is -2.12. The second-order valence-electron chi connectivity index (χ2n) is 17.1. The minimum atomic E-state index is -4.96. The van der Waals surface area contributed by atoms with E-state index in [1.807, 2.05) is 6.07 Å². The average molecular weight is 1250 g/mol. The van der Waals surface area contributed by atoms with Gasteiger partial charge in [0.2, 0.25) is 11.0 Å². The molecule has 8 aromatic rings. The topological polar surface area (TPSA) is 448 Å². The molecule has 0 atom stereocenters. The molecule has 0 aliphatic rings.